The molecular weight excluding hydrogens is 516 g/mol. The lowest BCUT2D eigenvalue weighted by Gasteiger charge is -2.37. The molecule has 2 aromatic carbocycles. The van der Waals surface area contributed by atoms with Crippen LogP contribution in [0.1, 0.15) is 98.8 Å². The summed E-state index contributed by atoms with van der Waals surface area (Å²) in [4.78, 5) is 19.2. The van der Waals surface area contributed by atoms with E-state index in [4.69, 9.17) is 4.74 Å². The summed E-state index contributed by atoms with van der Waals surface area (Å²) in [5.41, 5.74) is 4.64. The summed E-state index contributed by atoms with van der Waals surface area (Å²) in [5.74, 6) is 4.51. The number of nitrogens with one attached hydrogen (secondary N) is 1. The van der Waals surface area contributed by atoms with Gasteiger partial charge in [-0.15, -0.1) is 0 Å². The van der Waals surface area contributed by atoms with Crippen LogP contribution in [0.5, 0.6) is 5.75 Å². The minimum absolute atomic E-state index is 0.0431. The summed E-state index contributed by atoms with van der Waals surface area (Å²) in [5, 5.41) is 1.26. The lowest BCUT2D eigenvalue weighted by Crippen LogP contribution is -2.31. The molecule has 0 bridgehead atoms. The Bertz CT molecular complexity index is 1260. The second kappa shape index (κ2) is 14.1. The third kappa shape index (κ3) is 7.60. The van der Waals surface area contributed by atoms with Crippen molar-refractivity contribution < 1.29 is 9.53 Å². The second-order valence-electron chi connectivity index (χ2n) is 14.2. The number of fused-ring (bicyclic) bond motifs is 1. The Hall–Kier alpha value is -2.75. The van der Waals surface area contributed by atoms with Gasteiger partial charge in [0.15, 0.2) is 0 Å². The van der Waals surface area contributed by atoms with Crippen LogP contribution in [0.4, 0.5) is 5.69 Å². The van der Waals surface area contributed by atoms with Crippen LogP contribution in [-0.2, 0) is 4.79 Å². The highest BCUT2D eigenvalue weighted by atomic mass is 16.5. The summed E-state index contributed by atoms with van der Waals surface area (Å²) in [7, 11) is 0. The third-order valence-electron chi connectivity index (χ3n) is 9.90. The van der Waals surface area contributed by atoms with E-state index in [9.17, 15) is 4.79 Å². The van der Waals surface area contributed by atoms with Gasteiger partial charge in [0.2, 0.25) is 0 Å². The van der Waals surface area contributed by atoms with Crippen molar-refractivity contribution in [1.29, 1.82) is 0 Å². The smallest absolute Gasteiger partial charge is 0.314 e. The molecule has 4 heteroatoms. The molecule has 0 unspecified atom stereocenters. The molecular formula is C38H54N2O2. The van der Waals surface area contributed by atoms with Crippen molar-refractivity contribution in [2.75, 3.05) is 18.0 Å². The minimum atomic E-state index is -0.0431. The summed E-state index contributed by atoms with van der Waals surface area (Å²) >= 11 is 0. The number of nitrogens with zero attached hydrogens (tertiary/aromatic N) is 1. The molecule has 2 saturated carbocycles. The number of esters is 1. The number of benzene rings is 2. The summed E-state index contributed by atoms with van der Waals surface area (Å²) < 4.78 is 5.89. The Morgan fingerprint density at radius 3 is 2.07 bits per heavy atom. The predicted molar refractivity (Wildman–Crippen MR) is 177 cm³/mol. The van der Waals surface area contributed by atoms with Gasteiger partial charge in [0, 0.05) is 35.4 Å². The van der Waals surface area contributed by atoms with E-state index in [2.05, 4.69) is 80.9 Å². The molecule has 0 spiro atoms. The van der Waals surface area contributed by atoms with Crippen LogP contribution in [0, 0.1) is 35.5 Å². The standard InChI is InChI=1S/C38H54N2O2/c1-6-8-28-11-13-29(14-12-28)30-15-17-32(18-16-30)38(41)42-33-21-19-31(20-22-33)36-23-34-35(39-36)9-7-10-37(34)40(24-26(2)3)25-27(4)5/h7,9-10,19-23,26-30,32,39H,6,8,11-18,24-25H2,1-5H3/t28-,29-,30?,32?. The maximum absolute atomic E-state index is 13.1. The molecule has 0 atom stereocenters. The maximum atomic E-state index is 13.1. The van der Waals surface area contributed by atoms with E-state index >= 15 is 0 Å². The van der Waals surface area contributed by atoms with Crippen molar-refractivity contribution in [3.63, 3.8) is 0 Å². The van der Waals surface area contributed by atoms with E-state index in [-0.39, 0.29) is 11.9 Å². The highest BCUT2D eigenvalue weighted by Crippen LogP contribution is 2.42. The lowest BCUT2D eigenvalue weighted by molar-refractivity contribution is -0.140. The van der Waals surface area contributed by atoms with E-state index < -0.39 is 0 Å². The minimum Gasteiger partial charge on any atom is -0.426 e. The molecule has 1 N–H and O–H groups in total. The first-order chi connectivity index (χ1) is 20.3. The van der Waals surface area contributed by atoms with Gasteiger partial charge in [0.05, 0.1) is 5.92 Å². The van der Waals surface area contributed by atoms with Gasteiger partial charge in [-0.1, -0.05) is 66.4 Å². The topological polar surface area (TPSA) is 45.3 Å². The molecule has 2 fully saturated rings. The maximum Gasteiger partial charge on any atom is 0.314 e. The number of aromatic amines is 1. The van der Waals surface area contributed by atoms with Gasteiger partial charge in [-0.25, -0.2) is 0 Å². The van der Waals surface area contributed by atoms with Crippen LogP contribution in [0.3, 0.4) is 0 Å². The van der Waals surface area contributed by atoms with Crippen molar-refractivity contribution >= 4 is 22.6 Å². The average molecular weight is 571 g/mol. The molecule has 0 saturated heterocycles. The highest BCUT2D eigenvalue weighted by molar-refractivity contribution is 5.96. The van der Waals surface area contributed by atoms with Gasteiger partial charge in [-0.05, 0) is 116 Å². The Morgan fingerprint density at radius 2 is 1.48 bits per heavy atom. The Labute approximate surface area is 254 Å². The number of ether oxygens (including phenoxy) is 1. The van der Waals surface area contributed by atoms with Crippen LogP contribution in [0.25, 0.3) is 22.2 Å². The van der Waals surface area contributed by atoms with E-state index in [0.29, 0.717) is 17.6 Å². The number of rotatable bonds is 11. The molecule has 2 aliphatic carbocycles. The van der Waals surface area contributed by atoms with Gasteiger partial charge >= 0.3 is 5.97 Å². The van der Waals surface area contributed by atoms with E-state index in [1.165, 1.54) is 62.4 Å². The Morgan fingerprint density at radius 1 is 0.857 bits per heavy atom. The van der Waals surface area contributed by atoms with Crippen molar-refractivity contribution in [1.82, 2.24) is 4.98 Å². The first-order valence-corrected chi connectivity index (χ1v) is 17.0. The van der Waals surface area contributed by atoms with Crippen molar-refractivity contribution in [3.05, 3.63) is 48.5 Å². The largest absolute Gasteiger partial charge is 0.426 e. The number of hydrogen-bond acceptors (Lipinski definition) is 3. The number of carbonyl (C=O) groups excluding carboxylic acids is 1. The van der Waals surface area contributed by atoms with Gasteiger partial charge in [-0.3, -0.25) is 4.79 Å². The third-order valence-corrected chi connectivity index (χ3v) is 9.90. The fraction of sp³-hybridized carbons (Fsp3) is 0.605. The number of aromatic nitrogens is 1. The molecule has 5 rings (SSSR count). The second-order valence-corrected chi connectivity index (χ2v) is 14.2. The molecule has 3 aromatic rings. The fourth-order valence-electron chi connectivity index (χ4n) is 7.81. The van der Waals surface area contributed by atoms with Crippen LogP contribution in [0.2, 0.25) is 0 Å². The van der Waals surface area contributed by atoms with Gasteiger partial charge < -0.3 is 14.6 Å². The zero-order valence-corrected chi connectivity index (χ0v) is 26.8. The van der Waals surface area contributed by atoms with Gasteiger partial charge in [-0.2, -0.15) is 0 Å². The normalized spacial score (nSPS) is 23.0. The molecule has 42 heavy (non-hydrogen) atoms. The monoisotopic (exact) mass is 570 g/mol. The Balaban J connectivity index is 1.18. The van der Waals surface area contributed by atoms with E-state index in [0.717, 1.165) is 60.5 Å². The van der Waals surface area contributed by atoms with Crippen LogP contribution < -0.4 is 9.64 Å². The average Bonchev–Trinajstić information content (AvgIpc) is 3.42. The molecule has 1 heterocycles. The van der Waals surface area contributed by atoms with Crippen LogP contribution in [0.15, 0.2) is 48.5 Å². The number of carbonyl (C=O) groups is 1. The fourth-order valence-corrected chi connectivity index (χ4v) is 7.81. The molecule has 0 radical (unpaired) electrons. The lowest BCUT2D eigenvalue weighted by atomic mass is 9.69. The predicted octanol–water partition coefficient (Wildman–Crippen LogP) is 10.3. The summed E-state index contributed by atoms with van der Waals surface area (Å²) in [6, 6.07) is 16.9. The number of anilines is 1. The van der Waals surface area contributed by atoms with Crippen molar-refractivity contribution in [2.45, 2.75) is 98.8 Å². The molecule has 228 valence electrons. The Kier molecular flexibility index (Phi) is 10.3. The highest BCUT2D eigenvalue weighted by Gasteiger charge is 2.33. The quantitative estimate of drug-likeness (QED) is 0.184. The van der Waals surface area contributed by atoms with Gasteiger partial charge in [0.25, 0.3) is 0 Å². The summed E-state index contributed by atoms with van der Waals surface area (Å²) in [6.07, 6.45) is 12.7. The summed E-state index contributed by atoms with van der Waals surface area (Å²) in [6.45, 7) is 13.5. The van der Waals surface area contributed by atoms with E-state index in [1.54, 1.807) is 0 Å². The van der Waals surface area contributed by atoms with Gasteiger partial charge in [0.1, 0.15) is 5.75 Å². The number of hydrogen-bond donors (Lipinski definition) is 1. The van der Waals surface area contributed by atoms with Crippen LogP contribution >= 0.6 is 0 Å². The molecule has 4 nitrogen and oxygen atoms in total. The molecule has 2 aliphatic rings. The molecule has 1 aromatic heterocycles. The number of H-pyrrole nitrogens is 1. The zero-order valence-electron chi connectivity index (χ0n) is 26.8. The first kappa shape index (κ1) is 30.7. The van der Waals surface area contributed by atoms with Crippen molar-refractivity contribution in [2.24, 2.45) is 35.5 Å². The van der Waals surface area contributed by atoms with Crippen molar-refractivity contribution in [3.8, 4) is 17.0 Å². The van der Waals surface area contributed by atoms with E-state index in [1.807, 2.05) is 12.1 Å². The SMILES string of the molecule is CCC[C@H]1CC[C@H](C2CCC(C(=O)Oc3ccc(-c4cc5c(N(CC(C)C)CC(C)C)cccc5[nH]4)cc3)CC2)CC1. The zero-order chi connectivity index (χ0) is 29.6. The van der Waals surface area contributed by atoms with Crippen LogP contribution in [-0.4, -0.2) is 24.0 Å². The molecule has 0 amide bonds. The molecule has 0 aliphatic heterocycles. The first-order valence-electron chi connectivity index (χ1n) is 17.0.